The largest absolute Gasteiger partial charge is 0.398 e. The van der Waals surface area contributed by atoms with Gasteiger partial charge in [-0.3, -0.25) is 0 Å². The molecule has 0 aliphatic carbocycles. The molecule has 0 aromatic heterocycles. The third kappa shape index (κ3) is 4.68. The van der Waals surface area contributed by atoms with Crippen molar-refractivity contribution < 1.29 is 0 Å². The van der Waals surface area contributed by atoms with Crippen molar-refractivity contribution in [2.45, 2.75) is 16.7 Å². The highest BCUT2D eigenvalue weighted by Crippen LogP contribution is 2.29. The van der Waals surface area contributed by atoms with Gasteiger partial charge in [-0.1, -0.05) is 29.3 Å². The fraction of sp³-hybridized carbons (Fsp3) is 0.200. The average molecular weight is 310 g/mol. The number of nitrogen functional groups attached to an aromatic ring is 1. The van der Waals surface area contributed by atoms with Crippen LogP contribution in [0.4, 0.5) is 5.69 Å². The van der Waals surface area contributed by atoms with Gasteiger partial charge < -0.3 is 5.73 Å². The summed E-state index contributed by atoms with van der Waals surface area (Å²) >= 11 is 9.52. The molecule has 2 N–H and O–H groups in total. The van der Waals surface area contributed by atoms with Gasteiger partial charge in [-0.2, -0.15) is 0 Å². The van der Waals surface area contributed by atoms with E-state index in [1.807, 2.05) is 23.9 Å². The molecule has 2 aromatic carbocycles. The van der Waals surface area contributed by atoms with Gasteiger partial charge >= 0.3 is 0 Å². The number of aryl methyl sites for hydroxylation is 1. The molecule has 0 aliphatic heterocycles. The van der Waals surface area contributed by atoms with Crippen molar-refractivity contribution in [3.05, 3.63) is 53.1 Å². The summed E-state index contributed by atoms with van der Waals surface area (Å²) in [6.07, 6.45) is 0. The van der Waals surface area contributed by atoms with Gasteiger partial charge in [0.15, 0.2) is 0 Å². The second-order valence-corrected chi connectivity index (χ2v) is 6.93. The highest BCUT2D eigenvalue weighted by Gasteiger charge is 2.01. The van der Waals surface area contributed by atoms with Crippen LogP contribution in [0.5, 0.6) is 0 Å². The van der Waals surface area contributed by atoms with E-state index in [1.165, 1.54) is 10.5 Å². The lowest BCUT2D eigenvalue weighted by Crippen LogP contribution is -1.90. The molecule has 2 rings (SSSR count). The van der Waals surface area contributed by atoms with Crippen LogP contribution in [-0.4, -0.2) is 11.5 Å². The van der Waals surface area contributed by atoms with Gasteiger partial charge in [0.05, 0.1) is 0 Å². The first kappa shape index (κ1) is 14.6. The van der Waals surface area contributed by atoms with E-state index >= 15 is 0 Å². The minimum Gasteiger partial charge on any atom is -0.398 e. The Morgan fingerprint density at radius 2 is 1.68 bits per heavy atom. The fourth-order valence-electron chi connectivity index (χ4n) is 1.60. The van der Waals surface area contributed by atoms with Gasteiger partial charge in [0.25, 0.3) is 0 Å². The van der Waals surface area contributed by atoms with Crippen LogP contribution in [0.2, 0.25) is 5.02 Å². The van der Waals surface area contributed by atoms with Crippen LogP contribution in [-0.2, 0) is 0 Å². The molecule has 2 aromatic rings. The fourth-order valence-corrected chi connectivity index (χ4v) is 3.62. The Balaban J connectivity index is 1.79. The molecule has 1 nitrogen and oxygen atoms in total. The van der Waals surface area contributed by atoms with Gasteiger partial charge in [0, 0.05) is 32.0 Å². The predicted molar refractivity (Wildman–Crippen MR) is 88.5 cm³/mol. The zero-order valence-electron chi connectivity index (χ0n) is 10.7. The van der Waals surface area contributed by atoms with E-state index in [0.717, 1.165) is 22.1 Å². The van der Waals surface area contributed by atoms with Crippen LogP contribution < -0.4 is 5.73 Å². The molecule has 0 amide bonds. The maximum absolute atomic E-state index is 5.92. The summed E-state index contributed by atoms with van der Waals surface area (Å²) in [7, 11) is 0. The van der Waals surface area contributed by atoms with Gasteiger partial charge in [-0.15, -0.1) is 23.5 Å². The normalized spacial score (nSPS) is 10.6. The molecule has 0 bridgehead atoms. The monoisotopic (exact) mass is 309 g/mol. The SMILES string of the molecule is Cc1ccc(SCCSc2ccc(Cl)cc2N)cc1. The second kappa shape index (κ2) is 7.13. The Morgan fingerprint density at radius 3 is 2.37 bits per heavy atom. The standard InChI is InChI=1S/C15H16ClNS2/c1-11-2-5-13(6-3-11)18-8-9-19-15-7-4-12(16)10-14(15)17/h2-7,10H,8-9,17H2,1H3. The molecule has 19 heavy (non-hydrogen) atoms. The van der Waals surface area contributed by atoms with Crippen molar-refractivity contribution in [2.24, 2.45) is 0 Å². The smallest absolute Gasteiger partial charge is 0.0467 e. The average Bonchev–Trinajstić information content (AvgIpc) is 2.39. The molecule has 4 heteroatoms. The number of hydrogen-bond acceptors (Lipinski definition) is 3. The summed E-state index contributed by atoms with van der Waals surface area (Å²) < 4.78 is 0. The van der Waals surface area contributed by atoms with Crippen LogP contribution in [0.3, 0.4) is 0 Å². The zero-order chi connectivity index (χ0) is 13.7. The van der Waals surface area contributed by atoms with Gasteiger partial charge in [-0.05, 0) is 37.3 Å². The van der Waals surface area contributed by atoms with Crippen LogP contribution in [0.1, 0.15) is 5.56 Å². The minimum absolute atomic E-state index is 0.691. The molecule has 0 atom stereocenters. The lowest BCUT2D eigenvalue weighted by atomic mass is 10.2. The van der Waals surface area contributed by atoms with Crippen molar-refractivity contribution in [3.63, 3.8) is 0 Å². The Hall–Kier alpha value is -0.770. The highest BCUT2D eigenvalue weighted by molar-refractivity contribution is 8.03. The lowest BCUT2D eigenvalue weighted by molar-refractivity contribution is 1.37. The first-order chi connectivity index (χ1) is 9.15. The van der Waals surface area contributed by atoms with Gasteiger partial charge in [0.1, 0.15) is 0 Å². The number of anilines is 1. The number of benzene rings is 2. The summed E-state index contributed by atoms with van der Waals surface area (Å²) in [6.45, 7) is 2.10. The molecule has 0 aliphatic rings. The molecule has 0 fully saturated rings. The van der Waals surface area contributed by atoms with Crippen LogP contribution >= 0.6 is 35.1 Å². The summed E-state index contributed by atoms with van der Waals surface area (Å²) in [4.78, 5) is 2.42. The maximum atomic E-state index is 5.92. The highest BCUT2D eigenvalue weighted by atomic mass is 35.5. The first-order valence-corrected chi connectivity index (χ1v) is 8.37. The second-order valence-electron chi connectivity index (χ2n) is 4.19. The lowest BCUT2D eigenvalue weighted by Gasteiger charge is -2.06. The van der Waals surface area contributed by atoms with Crippen molar-refractivity contribution in [1.29, 1.82) is 0 Å². The summed E-state index contributed by atoms with van der Waals surface area (Å²) in [5.74, 6) is 2.10. The van der Waals surface area contributed by atoms with E-state index in [0.29, 0.717) is 5.02 Å². The summed E-state index contributed by atoms with van der Waals surface area (Å²) in [5.41, 5.74) is 7.98. The third-order valence-electron chi connectivity index (χ3n) is 2.60. The Bertz CT molecular complexity index is 540. The van der Waals surface area contributed by atoms with Crippen molar-refractivity contribution in [3.8, 4) is 0 Å². The molecule has 0 radical (unpaired) electrons. The van der Waals surface area contributed by atoms with E-state index in [9.17, 15) is 0 Å². The third-order valence-corrected chi connectivity index (χ3v) is 5.20. The summed E-state index contributed by atoms with van der Waals surface area (Å²) in [6, 6.07) is 14.3. The molecule has 0 spiro atoms. The number of nitrogens with two attached hydrogens (primary N) is 1. The van der Waals surface area contributed by atoms with Gasteiger partial charge in [-0.25, -0.2) is 0 Å². The van der Waals surface area contributed by atoms with Crippen molar-refractivity contribution in [2.75, 3.05) is 17.2 Å². The van der Waals surface area contributed by atoms with Crippen LogP contribution in [0.25, 0.3) is 0 Å². The molecular formula is C15H16ClNS2. The number of halogens is 1. The molecule has 0 saturated carbocycles. The molecule has 0 unspecified atom stereocenters. The van der Waals surface area contributed by atoms with E-state index in [4.69, 9.17) is 17.3 Å². The zero-order valence-corrected chi connectivity index (χ0v) is 13.1. The Labute approximate surface area is 127 Å². The molecule has 100 valence electrons. The topological polar surface area (TPSA) is 26.0 Å². The predicted octanol–water partition coefficient (Wildman–Crippen LogP) is 5.12. The van der Waals surface area contributed by atoms with E-state index in [1.54, 1.807) is 17.8 Å². The number of hydrogen-bond donors (Lipinski definition) is 1. The molecular weight excluding hydrogens is 294 g/mol. The Morgan fingerprint density at radius 1 is 1.00 bits per heavy atom. The van der Waals surface area contributed by atoms with Gasteiger partial charge in [0.2, 0.25) is 0 Å². The quantitative estimate of drug-likeness (QED) is 0.472. The van der Waals surface area contributed by atoms with Crippen molar-refractivity contribution >= 4 is 40.8 Å². The molecule has 0 saturated heterocycles. The first-order valence-electron chi connectivity index (χ1n) is 6.02. The van der Waals surface area contributed by atoms with Crippen LogP contribution in [0, 0.1) is 6.92 Å². The van der Waals surface area contributed by atoms with Crippen LogP contribution in [0.15, 0.2) is 52.3 Å². The number of thioether (sulfide) groups is 2. The van der Waals surface area contributed by atoms with E-state index in [-0.39, 0.29) is 0 Å². The molecule has 0 heterocycles. The Kier molecular flexibility index (Phi) is 5.49. The van der Waals surface area contributed by atoms with E-state index in [2.05, 4.69) is 31.2 Å². The minimum atomic E-state index is 0.691. The summed E-state index contributed by atoms with van der Waals surface area (Å²) in [5, 5.41) is 0.691. The van der Waals surface area contributed by atoms with Crippen molar-refractivity contribution in [1.82, 2.24) is 0 Å². The number of rotatable bonds is 5. The maximum Gasteiger partial charge on any atom is 0.0467 e. The van der Waals surface area contributed by atoms with E-state index < -0.39 is 0 Å².